The van der Waals surface area contributed by atoms with Crippen LogP contribution in [0.5, 0.6) is 0 Å². The van der Waals surface area contributed by atoms with E-state index >= 15 is 0 Å². The first-order chi connectivity index (χ1) is 12.2. The van der Waals surface area contributed by atoms with Crippen LogP contribution >= 0.6 is 22.9 Å². The van der Waals surface area contributed by atoms with E-state index in [0.717, 1.165) is 17.3 Å². The topological polar surface area (TPSA) is 172 Å². The highest BCUT2D eigenvalue weighted by Gasteiger charge is 2.44. The molecule has 1 aliphatic rings. The van der Waals surface area contributed by atoms with Gasteiger partial charge in [-0.05, 0) is 5.56 Å². The Morgan fingerprint density at radius 1 is 1.08 bits per heavy atom. The number of ether oxygens (including phenoxy) is 1. The second-order valence-electron chi connectivity index (χ2n) is 5.51. The molecule has 0 bridgehead atoms. The molecule has 10 nitrogen and oxygen atoms in total. The minimum absolute atomic E-state index is 0.0922. The average Bonchev–Trinajstić information content (AvgIpc) is 2.60. The van der Waals surface area contributed by atoms with Gasteiger partial charge in [0.15, 0.2) is 0 Å². The Morgan fingerprint density at radius 3 is 2.31 bits per heavy atom. The van der Waals surface area contributed by atoms with E-state index < -0.39 is 47.6 Å². The van der Waals surface area contributed by atoms with Crippen molar-refractivity contribution < 1.29 is 43.1 Å². The highest BCUT2D eigenvalue weighted by Crippen LogP contribution is 2.36. The molecule has 148 valence electrons. The number of rotatable bonds is 6. The smallest absolute Gasteiger partial charge is 0.287 e. The Bertz CT molecular complexity index is 596. The third-order valence-corrected chi connectivity index (χ3v) is 4.93. The number of oxime groups is 1. The molecule has 26 heavy (non-hydrogen) atoms. The zero-order chi connectivity index (χ0) is 19.3. The zero-order valence-corrected chi connectivity index (χ0v) is 15.0. The summed E-state index contributed by atoms with van der Waals surface area (Å²) in [6.45, 7) is -0.582. The van der Waals surface area contributed by atoms with Crippen LogP contribution in [-0.2, 0) is 15.4 Å². The molecule has 0 amide bonds. The molecule has 1 heterocycles. The predicted octanol–water partition coefficient (Wildman–Crippen LogP) is 0.231. The highest BCUT2D eigenvalue weighted by atomic mass is 32.3. The average molecular weight is 411 g/mol. The van der Waals surface area contributed by atoms with Crippen molar-refractivity contribution >= 4 is 28.0 Å². The van der Waals surface area contributed by atoms with Gasteiger partial charge in [0.05, 0.1) is 6.61 Å². The second kappa shape index (κ2) is 9.32. The van der Waals surface area contributed by atoms with Crippen LogP contribution < -0.4 is 0 Å². The van der Waals surface area contributed by atoms with Gasteiger partial charge in [-0.15, -0.1) is 0 Å². The van der Waals surface area contributed by atoms with Crippen LogP contribution in [0, 0.1) is 0 Å². The van der Waals surface area contributed by atoms with Gasteiger partial charge in [-0.1, -0.05) is 47.2 Å². The Morgan fingerprint density at radius 2 is 1.73 bits per heavy atom. The predicted molar refractivity (Wildman–Crippen MR) is 95.5 cm³/mol. The van der Waals surface area contributed by atoms with Gasteiger partial charge in [0, 0.05) is 6.42 Å². The van der Waals surface area contributed by atoms with E-state index in [9.17, 15) is 20.4 Å². The van der Waals surface area contributed by atoms with Crippen molar-refractivity contribution in [2.24, 2.45) is 5.16 Å². The summed E-state index contributed by atoms with van der Waals surface area (Å²) in [6, 6.07) is 8.87. The SMILES string of the molecule is OCC1OC(SC(Cc2ccccc2)=NOS(O)(O)O)C(O)C(O)C1O. The van der Waals surface area contributed by atoms with Crippen molar-refractivity contribution in [1.29, 1.82) is 0 Å². The lowest BCUT2D eigenvalue weighted by Crippen LogP contribution is -2.57. The van der Waals surface area contributed by atoms with Crippen molar-refractivity contribution in [3.8, 4) is 0 Å². The van der Waals surface area contributed by atoms with E-state index in [-0.39, 0.29) is 11.5 Å². The molecular weight excluding hydrogens is 390 g/mol. The summed E-state index contributed by atoms with van der Waals surface area (Å²) in [5, 5.41) is 42.5. The lowest BCUT2D eigenvalue weighted by Gasteiger charge is -2.39. The number of aliphatic hydroxyl groups is 4. The number of hydrogen-bond acceptors (Lipinski definition) is 11. The monoisotopic (exact) mass is 411 g/mol. The summed E-state index contributed by atoms with van der Waals surface area (Å²) < 4.78 is 36.4. The van der Waals surface area contributed by atoms with Gasteiger partial charge < -0.3 is 25.2 Å². The van der Waals surface area contributed by atoms with Crippen molar-refractivity contribution in [1.82, 2.24) is 0 Å². The van der Waals surface area contributed by atoms with Gasteiger partial charge in [-0.2, -0.15) is 0 Å². The Labute approximate surface area is 155 Å². The Kier molecular flexibility index (Phi) is 7.66. The Balaban J connectivity index is 2.16. The first kappa shape index (κ1) is 21.4. The summed E-state index contributed by atoms with van der Waals surface area (Å²) in [7, 11) is 0. The van der Waals surface area contributed by atoms with E-state index in [1.165, 1.54) is 0 Å². The first-order valence-electron chi connectivity index (χ1n) is 7.48. The van der Waals surface area contributed by atoms with E-state index in [4.69, 9.17) is 18.4 Å². The molecule has 0 saturated carbocycles. The van der Waals surface area contributed by atoms with Crippen LogP contribution in [0.15, 0.2) is 35.5 Å². The van der Waals surface area contributed by atoms with Crippen LogP contribution in [0.25, 0.3) is 0 Å². The highest BCUT2D eigenvalue weighted by molar-refractivity contribution is 8.15. The van der Waals surface area contributed by atoms with Crippen molar-refractivity contribution in [3.05, 3.63) is 35.9 Å². The summed E-state index contributed by atoms with van der Waals surface area (Å²) in [5.41, 5.74) is -0.363. The fourth-order valence-corrected chi connectivity index (χ4v) is 3.59. The van der Waals surface area contributed by atoms with Crippen LogP contribution in [0.3, 0.4) is 0 Å². The summed E-state index contributed by atoms with van der Waals surface area (Å²) >= 11 is -3.55. The molecule has 0 spiro atoms. The lowest BCUT2D eigenvalue weighted by atomic mass is 10.0. The van der Waals surface area contributed by atoms with Crippen LogP contribution in [0.2, 0.25) is 0 Å². The Hall–Kier alpha value is -0.930. The first-order valence-corrected chi connectivity index (χ1v) is 9.79. The van der Waals surface area contributed by atoms with Crippen molar-refractivity contribution in [2.75, 3.05) is 6.61 Å². The largest absolute Gasteiger partial charge is 0.394 e. The summed E-state index contributed by atoms with van der Waals surface area (Å²) in [4.78, 5) is 0. The molecule has 0 radical (unpaired) electrons. The standard InChI is InChI=1S/C14H21NO9S2/c16-7-9-11(17)12(18)13(19)14(23-9)25-10(15-24-26(20,21)22)6-8-4-2-1-3-5-8/h1-5,9,11-14,16-22H,6-7H2. The number of benzene rings is 1. The molecule has 0 aromatic heterocycles. The van der Waals surface area contributed by atoms with E-state index in [1.807, 2.05) is 0 Å². The van der Waals surface area contributed by atoms with E-state index in [0.29, 0.717) is 0 Å². The molecule has 5 atom stereocenters. The second-order valence-corrected chi connectivity index (χ2v) is 7.76. The van der Waals surface area contributed by atoms with Crippen LogP contribution in [0.1, 0.15) is 5.56 Å². The summed E-state index contributed by atoms with van der Waals surface area (Å²) in [5.74, 6) is 0. The maximum Gasteiger partial charge on any atom is 0.287 e. The molecule has 12 heteroatoms. The molecule has 1 aromatic carbocycles. The minimum atomic E-state index is -4.33. The molecule has 0 aliphatic carbocycles. The summed E-state index contributed by atoms with van der Waals surface area (Å²) in [6.07, 6.45) is -5.52. The molecular formula is C14H21NO9S2. The molecule has 2 rings (SSSR count). The normalized spacial score (nSPS) is 30.9. The fourth-order valence-electron chi connectivity index (χ4n) is 2.26. The van der Waals surface area contributed by atoms with Gasteiger partial charge in [0.2, 0.25) is 0 Å². The van der Waals surface area contributed by atoms with Crippen LogP contribution in [0.4, 0.5) is 0 Å². The third-order valence-electron chi connectivity index (χ3n) is 3.54. The molecule has 1 saturated heterocycles. The van der Waals surface area contributed by atoms with E-state index in [1.54, 1.807) is 30.3 Å². The number of nitrogens with zero attached hydrogens (tertiary/aromatic N) is 1. The molecule has 1 aromatic rings. The quantitative estimate of drug-likeness (QED) is 0.195. The van der Waals surface area contributed by atoms with Gasteiger partial charge in [-0.3, -0.25) is 17.9 Å². The molecule has 7 N–H and O–H groups in total. The lowest BCUT2D eigenvalue weighted by molar-refractivity contribution is -0.205. The van der Waals surface area contributed by atoms with Crippen molar-refractivity contribution in [3.63, 3.8) is 0 Å². The third kappa shape index (κ3) is 6.06. The number of thioether (sulfide) groups is 1. The van der Waals surface area contributed by atoms with Crippen molar-refractivity contribution in [2.45, 2.75) is 36.3 Å². The molecule has 5 unspecified atom stereocenters. The maximum absolute atomic E-state index is 10.1. The van der Waals surface area contributed by atoms with E-state index in [2.05, 4.69) is 9.44 Å². The number of hydrogen-bond donors (Lipinski definition) is 7. The van der Waals surface area contributed by atoms with Gasteiger partial charge in [-0.25, -0.2) is 0 Å². The van der Waals surface area contributed by atoms with Gasteiger partial charge >= 0.3 is 0 Å². The molecule has 1 aliphatic heterocycles. The van der Waals surface area contributed by atoms with Gasteiger partial charge in [0.1, 0.15) is 34.9 Å². The zero-order valence-electron chi connectivity index (χ0n) is 13.4. The number of aliphatic hydroxyl groups excluding tert-OH is 4. The molecule has 1 fully saturated rings. The van der Waals surface area contributed by atoms with Gasteiger partial charge in [0.25, 0.3) is 11.2 Å². The maximum atomic E-state index is 10.1. The fraction of sp³-hybridized carbons (Fsp3) is 0.500. The van der Waals surface area contributed by atoms with Crippen LogP contribution in [-0.4, -0.2) is 75.6 Å². The minimum Gasteiger partial charge on any atom is -0.394 e.